The van der Waals surface area contributed by atoms with Crippen molar-refractivity contribution >= 4 is 32.3 Å². The Labute approximate surface area is 244 Å². The average molecular weight is 535 g/mol. The summed E-state index contributed by atoms with van der Waals surface area (Å²) in [6.45, 7) is 0. The number of hydrogen-bond acceptors (Lipinski definition) is 2. The van der Waals surface area contributed by atoms with E-state index in [1.807, 2.05) is 42.6 Å². The van der Waals surface area contributed by atoms with Crippen molar-refractivity contribution in [3.8, 4) is 44.9 Å². The van der Waals surface area contributed by atoms with Gasteiger partial charge in [-0.1, -0.05) is 140 Å². The highest BCUT2D eigenvalue weighted by atomic mass is 14.9. The molecule has 0 unspecified atom stereocenters. The maximum atomic E-state index is 4.81. The number of fused-ring (bicyclic) bond motifs is 6. The van der Waals surface area contributed by atoms with Crippen molar-refractivity contribution < 1.29 is 0 Å². The van der Waals surface area contributed by atoms with Crippen LogP contribution in [0, 0.1) is 0 Å². The van der Waals surface area contributed by atoms with Crippen LogP contribution in [0.15, 0.2) is 158 Å². The third-order valence-electron chi connectivity index (χ3n) is 8.16. The Morgan fingerprint density at radius 3 is 1.36 bits per heavy atom. The lowest BCUT2D eigenvalue weighted by molar-refractivity contribution is 1.18. The van der Waals surface area contributed by atoms with Gasteiger partial charge in [0.05, 0.1) is 5.69 Å². The minimum absolute atomic E-state index is 0.739. The molecule has 7 aromatic carbocycles. The molecule has 0 fully saturated rings. The van der Waals surface area contributed by atoms with Crippen LogP contribution in [0.2, 0.25) is 0 Å². The highest BCUT2D eigenvalue weighted by Crippen LogP contribution is 2.37. The summed E-state index contributed by atoms with van der Waals surface area (Å²) < 4.78 is 0. The van der Waals surface area contributed by atoms with Crippen molar-refractivity contribution in [1.82, 2.24) is 9.97 Å². The quantitative estimate of drug-likeness (QED) is 0.210. The summed E-state index contributed by atoms with van der Waals surface area (Å²) in [7, 11) is 0. The van der Waals surface area contributed by atoms with Gasteiger partial charge >= 0.3 is 0 Å². The molecule has 0 saturated heterocycles. The highest BCUT2D eigenvalue weighted by molar-refractivity contribution is 6.25. The minimum Gasteiger partial charge on any atom is -0.237 e. The molecule has 1 heterocycles. The Morgan fingerprint density at radius 1 is 0.310 bits per heavy atom. The summed E-state index contributed by atoms with van der Waals surface area (Å²) in [6.07, 6.45) is 1.83. The smallest absolute Gasteiger partial charge is 0.159 e. The predicted octanol–water partition coefficient (Wildman–Crippen LogP) is 10.6. The molecule has 2 heteroatoms. The summed E-state index contributed by atoms with van der Waals surface area (Å²) in [4.78, 5) is 9.27. The lowest BCUT2D eigenvalue weighted by Gasteiger charge is -2.12. The molecule has 0 aliphatic carbocycles. The number of rotatable bonds is 4. The standard InChI is InChI=1S/C40H26N2/c1-2-8-31(9-3-1)40-41-25-24-39(42-40)30-20-18-28(19-21-30)27-14-16-29(17-15-27)32-22-23-37-35-12-5-4-10-33(35)34-11-6-7-13-36(34)38(37)26-32/h1-26H. The molecule has 0 bridgehead atoms. The van der Waals surface area contributed by atoms with Crippen molar-refractivity contribution in [2.24, 2.45) is 0 Å². The van der Waals surface area contributed by atoms with E-state index in [1.54, 1.807) is 0 Å². The number of nitrogens with zero attached hydrogens (tertiary/aromatic N) is 2. The second-order valence-corrected chi connectivity index (χ2v) is 10.6. The van der Waals surface area contributed by atoms with Crippen LogP contribution in [-0.2, 0) is 0 Å². The third-order valence-corrected chi connectivity index (χ3v) is 8.16. The predicted molar refractivity (Wildman–Crippen MR) is 176 cm³/mol. The van der Waals surface area contributed by atoms with Gasteiger partial charge in [-0.15, -0.1) is 0 Å². The van der Waals surface area contributed by atoms with E-state index in [9.17, 15) is 0 Å². The van der Waals surface area contributed by atoms with Crippen LogP contribution in [0.25, 0.3) is 77.2 Å². The van der Waals surface area contributed by atoms with Crippen LogP contribution < -0.4 is 0 Å². The van der Waals surface area contributed by atoms with E-state index in [0.717, 1.165) is 22.6 Å². The molecule has 0 N–H and O–H groups in total. The lowest BCUT2D eigenvalue weighted by Crippen LogP contribution is -1.91. The zero-order valence-corrected chi connectivity index (χ0v) is 22.9. The molecular formula is C40H26N2. The third kappa shape index (κ3) is 4.22. The molecule has 8 aromatic rings. The molecule has 0 aliphatic rings. The lowest BCUT2D eigenvalue weighted by atomic mass is 9.92. The summed E-state index contributed by atoms with van der Waals surface area (Å²) in [5, 5.41) is 7.79. The van der Waals surface area contributed by atoms with Gasteiger partial charge in [0.2, 0.25) is 0 Å². The molecule has 0 atom stereocenters. The number of benzene rings is 7. The zero-order chi connectivity index (χ0) is 27.9. The number of aromatic nitrogens is 2. The molecule has 2 nitrogen and oxygen atoms in total. The molecule has 0 radical (unpaired) electrons. The van der Waals surface area contributed by atoms with Crippen LogP contribution in [-0.4, -0.2) is 9.97 Å². The molecule has 0 saturated carbocycles. The van der Waals surface area contributed by atoms with Crippen molar-refractivity contribution in [2.45, 2.75) is 0 Å². The van der Waals surface area contributed by atoms with Gasteiger partial charge in [-0.05, 0) is 66.7 Å². The monoisotopic (exact) mass is 534 g/mol. The van der Waals surface area contributed by atoms with Crippen LogP contribution in [0.1, 0.15) is 0 Å². The van der Waals surface area contributed by atoms with Crippen LogP contribution in [0.5, 0.6) is 0 Å². The van der Waals surface area contributed by atoms with Gasteiger partial charge in [0, 0.05) is 17.3 Å². The van der Waals surface area contributed by atoms with E-state index in [2.05, 4.69) is 120 Å². The first-order chi connectivity index (χ1) is 20.8. The van der Waals surface area contributed by atoms with Gasteiger partial charge in [0.25, 0.3) is 0 Å². The maximum absolute atomic E-state index is 4.81. The molecule has 0 spiro atoms. The fourth-order valence-corrected chi connectivity index (χ4v) is 6.02. The van der Waals surface area contributed by atoms with E-state index in [0.29, 0.717) is 0 Å². The molecule has 8 rings (SSSR count). The Bertz CT molecular complexity index is 2180. The SMILES string of the molecule is c1ccc(-c2nccc(-c3ccc(-c4ccc(-c5ccc6c7ccccc7c7ccccc7c6c5)cc4)cc3)n2)cc1. The van der Waals surface area contributed by atoms with E-state index < -0.39 is 0 Å². The van der Waals surface area contributed by atoms with E-state index >= 15 is 0 Å². The van der Waals surface area contributed by atoms with Crippen molar-refractivity contribution in [1.29, 1.82) is 0 Å². The summed E-state index contributed by atoms with van der Waals surface area (Å²) >= 11 is 0. The minimum atomic E-state index is 0.739. The van der Waals surface area contributed by atoms with Crippen LogP contribution in [0.3, 0.4) is 0 Å². The maximum Gasteiger partial charge on any atom is 0.159 e. The molecule has 196 valence electrons. The summed E-state index contributed by atoms with van der Waals surface area (Å²) in [6, 6.07) is 53.9. The molecule has 1 aromatic heterocycles. The highest BCUT2D eigenvalue weighted by Gasteiger charge is 2.10. The van der Waals surface area contributed by atoms with Gasteiger partial charge in [-0.25, -0.2) is 9.97 Å². The fraction of sp³-hybridized carbons (Fsp3) is 0. The Morgan fingerprint density at radius 2 is 0.762 bits per heavy atom. The largest absolute Gasteiger partial charge is 0.237 e. The van der Waals surface area contributed by atoms with Crippen molar-refractivity contribution in [2.75, 3.05) is 0 Å². The second-order valence-electron chi connectivity index (χ2n) is 10.6. The Hall–Kier alpha value is -5.60. The van der Waals surface area contributed by atoms with Gasteiger partial charge < -0.3 is 0 Å². The van der Waals surface area contributed by atoms with Crippen molar-refractivity contribution in [3.05, 3.63) is 158 Å². The fourth-order valence-electron chi connectivity index (χ4n) is 6.02. The first kappa shape index (κ1) is 24.2. The molecular weight excluding hydrogens is 508 g/mol. The normalized spacial score (nSPS) is 11.3. The van der Waals surface area contributed by atoms with E-state index in [4.69, 9.17) is 4.98 Å². The molecule has 0 aliphatic heterocycles. The summed E-state index contributed by atoms with van der Waals surface area (Å²) in [5.41, 5.74) is 7.82. The number of hydrogen-bond donors (Lipinski definition) is 0. The Balaban J connectivity index is 1.11. The first-order valence-electron chi connectivity index (χ1n) is 14.2. The van der Waals surface area contributed by atoms with Gasteiger partial charge in [-0.2, -0.15) is 0 Å². The van der Waals surface area contributed by atoms with E-state index in [-0.39, 0.29) is 0 Å². The Kier molecular flexibility index (Phi) is 5.82. The molecule has 42 heavy (non-hydrogen) atoms. The van der Waals surface area contributed by atoms with Gasteiger partial charge in [0.15, 0.2) is 5.82 Å². The van der Waals surface area contributed by atoms with E-state index in [1.165, 1.54) is 54.6 Å². The van der Waals surface area contributed by atoms with Gasteiger partial charge in [0.1, 0.15) is 0 Å². The van der Waals surface area contributed by atoms with Crippen LogP contribution in [0.4, 0.5) is 0 Å². The topological polar surface area (TPSA) is 25.8 Å². The average Bonchev–Trinajstić information content (AvgIpc) is 3.09. The molecule has 0 amide bonds. The first-order valence-corrected chi connectivity index (χ1v) is 14.2. The van der Waals surface area contributed by atoms with Crippen molar-refractivity contribution in [3.63, 3.8) is 0 Å². The summed E-state index contributed by atoms with van der Waals surface area (Å²) in [5.74, 6) is 0.739. The van der Waals surface area contributed by atoms with Crippen LogP contribution >= 0.6 is 0 Å². The van der Waals surface area contributed by atoms with Gasteiger partial charge in [-0.3, -0.25) is 0 Å². The zero-order valence-electron chi connectivity index (χ0n) is 22.9. The second kappa shape index (κ2) is 10.1.